The van der Waals surface area contributed by atoms with Gasteiger partial charge in [-0.1, -0.05) is 0 Å². The monoisotopic (exact) mass is 337 g/mol. The summed E-state index contributed by atoms with van der Waals surface area (Å²) in [7, 11) is 0. The highest BCUT2D eigenvalue weighted by molar-refractivity contribution is 9.10. The van der Waals surface area contributed by atoms with Gasteiger partial charge in [0.25, 0.3) is 5.91 Å². The van der Waals surface area contributed by atoms with Gasteiger partial charge >= 0.3 is 0 Å². The zero-order chi connectivity index (χ0) is 14.3. The summed E-state index contributed by atoms with van der Waals surface area (Å²) in [5, 5.41) is 2.85. The molecule has 0 aliphatic carbocycles. The van der Waals surface area contributed by atoms with Crippen LogP contribution in [0.15, 0.2) is 22.7 Å². The molecule has 1 aromatic carbocycles. The molecule has 0 saturated carbocycles. The first-order valence-corrected chi connectivity index (χ1v) is 7.51. The number of carbonyl (C=O) groups is 2. The van der Waals surface area contributed by atoms with Gasteiger partial charge in [-0.2, -0.15) is 0 Å². The van der Waals surface area contributed by atoms with Crippen LogP contribution >= 0.6 is 15.9 Å². The van der Waals surface area contributed by atoms with Crippen molar-refractivity contribution in [2.24, 2.45) is 5.92 Å². The maximum Gasteiger partial charge on any atom is 0.254 e. The molecule has 2 saturated heterocycles. The fraction of sp³-hybridized carbons (Fsp3) is 0.429. The van der Waals surface area contributed by atoms with Gasteiger partial charge in [0.15, 0.2) is 0 Å². The number of likely N-dealkylation sites (tertiary alicyclic amines) is 1. The predicted molar refractivity (Wildman–Crippen MR) is 79.1 cm³/mol. The second-order valence-electron chi connectivity index (χ2n) is 5.30. The second kappa shape index (κ2) is 5.09. The number of piperidine rings is 1. The summed E-state index contributed by atoms with van der Waals surface area (Å²) in [4.78, 5) is 26.2. The number of carbonyl (C=O) groups excluding carboxylic acids is 2. The van der Waals surface area contributed by atoms with E-state index in [-0.39, 0.29) is 23.8 Å². The number of hydrogen-bond acceptors (Lipinski definition) is 3. The van der Waals surface area contributed by atoms with Gasteiger partial charge in [-0.05, 0) is 47.0 Å². The second-order valence-corrected chi connectivity index (χ2v) is 6.15. The summed E-state index contributed by atoms with van der Waals surface area (Å²) in [6.07, 6.45) is 1.73. The molecule has 2 atom stereocenters. The van der Waals surface area contributed by atoms with E-state index in [4.69, 9.17) is 5.73 Å². The number of nitrogens with zero attached hydrogens (tertiary/aromatic N) is 1. The van der Waals surface area contributed by atoms with E-state index in [0.717, 1.165) is 17.3 Å². The van der Waals surface area contributed by atoms with E-state index < -0.39 is 0 Å². The molecule has 20 heavy (non-hydrogen) atoms. The lowest BCUT2D eigenvalue weighted by atomic mass is 9.91. The number of nitrogen functional groups attached to an aromatic ring is 1. The normalized spacial score (nSPS) is 25.2. The van der Waals surface area contributed by atoms with E-state index in [1.807, 2.05) is 4.90 Å². The zero-order valence-electron chi connectivity index (χ0n) is 10.9. The molecule has 0 radical (unpaired) electrons. The van der Waals surface area contributed by atoms with Gasteiger partial charge in [-0.3, -0.25) is 9.59 Å². The number of nitrogens with two attached hydrogens (primary N) is 1. The molecular weight excluding hydrogens is 322 g/mol. The molecule has 2 aliphatic rings. The molecule has 2 heterocycles. The van der Waals surface area contributed by atoms with Crippen LogP contribution < -0.4 is 11.1 Å². The molecule has 3 rings (SSSR count). The lowest BCUT2D eigenvalue weighted by Crippen LogP contribution is -2.48. The van der Waals surface area contributed by atoms with E-state index in [1.165, 1.54) is 0 Å². The molecule has 0 bridgehead atoms. The van der Waals surface area contributed by atoms with Crippen LogP contribution in [0, 0.1) is 5.92 Å². The molecule has 2 fully saturated rings. The molecule has 2 unspecified atom stereocenters. The maximum atomic E-state index is 12.6. The lowest BCUT2D eigenvalue weighted by Gasteiger charge is -2.36. The fourth-order valence-electron chi connectivity index (χ4n) is 3.05. The van der Waals surface area contributed by atoms with Gasteiger partial charge in [0.2, 0.25) is 5.91 Å². The van der Waals surface area contributed by atoms with Crippen LogP contribution in [-0.2, 0) is 4.79 Å². The van der Waals surface area contributed by atoms with Crippen molar-refractivity contribution in [2.45, 2.75) is 18.9 Å². The highest BCUT2D eigenvalue weighted by Gasteiger charge is 2.42. The predicted octanol–water partition coefficient (Wildman–Crippen LogP) is 1.38. The van der Waals surface area contributed by atoms with Crippen LogP contribution in [0.1, 0.15) is 23.2 Å². The Morgan fingerprint density at radius 2 is 2.25 bits per heavy atom. The largest absolute Gasteiger partial charge is 0.398 e. The Labute approximate surface area is 125 Å². The van der Waals surface area contributed by atoms with Gasteiger partial charge in [-0.15, -0.1) is 0 Å². The van der Waals surface area contributed by atoms with Crippen LogP contribution in [0.3, 0.4) is 0 Å². The molecule has 3 N–H and O–H groups in total. The molecule has 2 amide bonds. The molecule has 0 spiro atoms. The Bertz CT molecular complexity index is 576. The molecule has 1 aromatic rings. The van der Waals surface area contributed by atoms with Crippen LogP contribution in [0.4, 0.5) is 5.69 Å². The number of fused-ring (bicyclic) bond motifs is 1. The smallest absolute Gasteiger partial charge is 0.254 e. The number of benzene rings is 1. The van der Waals surface area contributed by atoms with Gasteiger partial charge < -0.3 is 16.0 Å². The van der Waals surface area contributed by atoms with Crippen LogP contribution in [0.5, 0.6) is 0 Å². The molecule has 106 valence electrons. The molecule has 2 aliphatic heterocycles. The lowest BCUT2D eigenvalue weighted by molar-refractivity contribution is -0.123. The Morgan fingerprint density at radius 1 is 1.45 bits per heavy atom. The number of anilines is 1. The molecule has 6 heteroatoms. The van der Waals surface area contributed by atoms with Gasteiger partial charge in [0.1, 0.15) is 0 Å². The first kappa shape index (κ1) is 13.4. The Morgan fingerprint density at radius 3 is 3.00 bits per heavy atom. The first-order chi connectivity index (χ1) is 9.58. The Hall–Kier alpha value is -1.56. The number of hydrogen-bond donors (Lipinski definition) is 2. The van der Waals surface area contributed by atoms with Crippen molar-refractivity contribution >= 4 is 33.4 Å². The van der Waals surface area contributed by atoms with Crippen LogP contribution in [0.25, 0.3) is 0 Å². The van der Waals surface area contributed by atoms with Crippen LogP contribution in [0.2, 0.25) is 0 Å². The summed E-state index contributed by atoms with van der Waals surface area (Å²) < 4.78 is 0.781. The van der Waals surface area contributed by atoms with Crippen molar-refractivity contribution in [3.8, 4) is 0 Å². The average Bonchev–Trinajstić information content (AvgIpc) is 2.83. The SMILES string of the molecule is Nc1cc(C(=O)N2CCCC3C(=O)NCC32)ccc1Br. The quantitative estimate of drug-likeness (QED) is 0.760. The summed E-state index contributed by atoms with van der Waals surface area (Å²) in [5.41, 5.74) is 6.95. The standard InChI is InChI=1S/C14H16BrN3O2/c15-10-4-3-8(6-11(10)16)14(20)18-5-1-2-9-12(18)7-17-13(9)19/h3-4,6,9,12H,1-2,5,7,16H2,(H,17,19). The third kappa shape index (κ3) is 2.18. The maximum absolute atomic E-state index is 12.6. The van der Waals surface area contributed by atoms with Crippen molar-refractivity contribution in [3.63, 3.8) is 0 Å². The minimum atomic E-state index is -0.0551. The van der Waals surface area contributed by atoms with E-state index >= 15 is 0 Å². The minimum Gasteiger partial charge on any atom is -0.398 e. The average molecular weight is 338 g/mol. The molecular formula is C14H16BrN3O2. The minimum absolute atomic E-state index is 0.0198. The van der Waals surface area contributed by atoms with Gasteiger partial charge in [-0.25, -0.2) is 0 Å². The van der Waals surface area contributed by atoms with E-state index in [1.54, 1.807) is 18.2 Å². The number of amides is 2. The van der Waals surface area contributed by atoms with Crippen molar-refractivity contribution in [3.05, 3.63) is 28.2 Å². The number of rotatable bonds is 1. The van der Waals surface area contributed by atoms with E-state index in [9.17, 15) is 9.59 Å². The highest BCUT2D eigenvalue weighted by Crippen LogP contribution is 2.29. The summed E-state index contributed by atoms with van der Waals surface area (Å²) in [6, 6.07) is 5.20. The van der Waals surface area contributed by atoms with Crippen molar-refractivity contribution in [2.75, 3.05) is 18.8 Å². The van der Waals surface area contributed by atoms with Crippen LogP contribution in [-0.4, -0.2) is 35.8 Å². The van der Waals surface area contributed by atoms with E-state index in [0.29, 0.717) is 24.3 Å². The van der Waals surface area contributed by atoms with Gasteiger partial charge in [0, 0.05) is 28.8 Å². The summed E-state index contributed by atoms with van der Waals surface area (Å²) >= 11 is 3.32. The van der Waals surface area contributed by atoms with Gasteiger partial charge in [0.05, 0.1) is 12.0 Å². The third-order valence-electron chi connectivity index (χ3n) is 4.10. The Kier molecular flexibility index (Phi) is 3.41. The highest BCUT2D eigenvalue weighted by atomic mass is 79.9. The Balaban J connectivity index is 1.86. The first-order valence-electron chi connectivity index (χ1n) is 6.71. The molecule has 5 nitrogen and oxygen atoms in total. The summed E-state index contributed by atoms with van der Waals surface area (Å²) in [5.74, 6) is -0.0290. The van der Waals surface area contributed by atoms with Crippen molar-refractivity contribution in [1.82, 2.24) is 10.2 Å². The van der Waals surface area contributed by atoms with Crippen molar-refractivity contribution in [1.29, 1.82) is 0 Å². The van der Waals surface area contributed by atoms with E-state index in [2.05, 4.69) is 21.2 Å². The third-order valence-corrected chi connectivity index (χ3v) is 4.83. The number of halogens is 1. The zero-order valence-corrected chi connectivity index (χ0v) is 12.5. The number of nitrogens with one attached hydrogen (secondary N) is 1. The topological polar surface area (TPSA) is 75.4 Å². The fourth-order valence-corrected chi connectivity index (χ4v) is 3.29. The summed E-state index contributed by atoms with van der Waals surface area (Å²) in [6.45, 7) is 1.26. The molecule has 0 aromatic heterocycles. The van der Waals surface area contributed by atoms with Crippen molar-refractivity contribution < 1.29 is 9.59 Å².